The number of hydrogen-bond acceptors (Lipinski definition) is 2. The fourth-order valence-electron chi connectivity index (χ4n) is 9.15. The van der Waals surface area contributed by atoms with Gasteiger partial charge in [-0.25, -0.2) is 0 Å². The second-order valence-electron chi connectivity index (χ2n) is 13.9. The lowest BCUT2D eigenvalue weighted by Crippen LogP contribution is -2.54. The highest BCUT2D eigenvalue weighted by Gasteiger charge is 2.61. The van der Waals surface area contributed by atoms with Crippen molar-refractivity contribution in [2.75, 3.05) is 0 Å². The molecule has 0 saturated heterocycles. The van der Waals surface area contributed by atoms with Crippen molar-refractivity contribution in [3.05, 3.63) is 36.0 Å². The van der Waals surface area contributed by atoms with Crippen molar-refractivity contribution >= 4 is 0 Å². The summed E-state index contributed by atoms with van der Waals surface area (Å²) in [6, 6.07) is 0. The second-order valence-corrected chi connectivity index (χ2v) is 13.9. The van der Waals surface area contributed by atoms with Crippen LogP contribution in [-0.4, -0.2) is 22.4 Å². The second kappa shape index (κ2) is 8.66. The topological polar surface area (TPSA) is 40.5 Å². The number of rotatable bonds is 4. The van der Waals surface area contributed by atoms with Gasteiger partial charge in [-0.3, -0.25) is 0 Å². The molecular formula is C31H50O2. The van der Waals surface area contributed by atoms with Gasteiger partial charge in [0.05, 0.1) is 12.2 Å². The lowest BCUT2D eigenvalue weighted by Gasteiger charge is -2.59. The van der Waals surface area contributed by atoms with E-state index in [0.717, 1.165) is 19.3 Å². The molecule has 0 aliphatic heterocycles. The van der Waals surface area contributed by atoms with Crippen LogP contribution in [0.5, 0.6) is 0 Å². The van der Waals surface area contributed by atoms with E-state index in [2.05, 4.69) is 73.3 Å². The third-order valence-corrected chi connectivity index (χ3v) is 10.9. The van der Waals surface area contributed by atoms with Crippen molar-refractivity contribution < 1.29 is 10.2 Å². The quantitative estimate of drug-likeness (QED) is 0.437. The molecule has 0 aromatic rings. The number of aliphatic hydroxyl groups is 2. The molecule has 2 heteroatoms. The van der Waals surface area contributed by atoms with Crippen molar-refractivity contribution in [1.82, 2.24) is 0 Å². The van der Waals surface area contributed by atoms with Crippen LogP contribution >= 0.6 is 0 Å². The lowest BCUT2D eigenvalue weighted by atomic mass is 9.46. The highest BCUT2D eigenvalue weighted by molar-refractivity contribution is 5.28. The highest BCUT2D eigenvalue weighted by Crippen LogP contribution is 2.67. The van der Waals surface area contributed by atoms with Crippen LogP contribution in [0.25, 0.3) is 0 Å². The maximum atomic E-state index is 11.4. The van der Waals surface area contributed by atoms with E-state index < -0.39 is 0 Å². The Morgan fingerprint density at radius 3 is 2.39 bits per heavy atom. The summed E-state index contributed by atoms with van der Waals surface area (Å²) >= 11 is 0. The molecule has 3 saturated carbocycles. The van der Waals surface area contributed by atoms with E-state index in [9.17, 15) is 10.2 Å². The summed E-state index contributed by atoms with van der Waals surface area (Å²) in [5.41, 5.74) is 3.28. The van der Waals surface area contributed by atoms with Crippen molar-refractivity contribution in [3.8, 4) is 0 Å². The van der Waals surface area contributed by atoms with Crippen LogP contribution in [-0.2, 0) is 0 Å². The van der Waals surface area contributed by atoms with Crippen molar-refractivity contribution in [1.29, 1.82) is 0 Å². The zero-order valence-corrected chi connectivity index (χ0v) is 22.4. The van der Waals surface area contributed by atoms with Crippen LogP contribution in [0.2, 0.25) is 0 Å². The molecule has 0 aromatic carbocycles. The van der Waals surface area contributed by atoms with E-state index in [0.29, 0.717) is 40.9 Å². The minimum absolute atomic E-state index is 0.176. The number of aliphatic hydroxyl groups excluding tert-OH is 2. The number of allylic oxidation sites excluding steroid dienone is 3. The van der Waals surface area contributed by atoms with Crippen LogP contribution in [0, 0.1) is 51.8 Å². The van der Waals surface area contributed by atoms with Crippen LogP contribution in [0.1, 0.15) is 93.4 Å². The summed E-state index contributed by atoms with van der Waals surface area (Å²) in [6.07, 6.45) is 14.3. The zero-order valence-electron chi connectivity index (χ0n) is 22.4. The first-order valence-electron chi connectivity index (χ1n) is 13.7. The van der Waals surface area contributed by atoms with E-state index in [4.69, 9.17) is 0 Å². The molecule has 0 aromatic heterocycles. The molecular weight excluding hydrogens is 404 g/mol. The summed E-state index contributed by atoms with van der Waals surface area (Å²) in [7, 11) is 0. The van der Waals surface area contributed by atoms with Gasteiger partial charge in [-0.05, 0) is 97.7 Å². The SMILES string of the molecule is C=C(C)C(/C=C/[C@@H](C)[C@H]1CC[C@H]2[C@@H]3[C@H](O)C=C4C[C@@H](O)CC[C@]4(C)[C@H]3CC[C@]12C)C(C)(C)C. The van der Waals surface area contributed by atoms with Crippen molar-refractivity contribution in [2.45, 2.75) is 106 Å². The molecule has 0 spiro atoms. The first-order chi connectivity index (χ1) is 15.3. The maximum Gasteiger partial charge on any atom is 0.0757 e. The standard InChI is InChI=1S/C31H50O2/c1-19(2)23(29(4,5)6)10-9-20(3)24-11-12-25-28-26(14-16-31(24,25)8)30(7)15-13-22(32)17-21(30)18-27(28)33/h9-10,18,20,22-28,32-33H,1,11-17H2,2-8H3/b10-9+/t20-,22+,23?,24-,25+,26+,27-,28+,30+,31-/m1/s1. The van der Waals surface area contributed by atoms with Gasteiger partial charge in [0.15, 0.2) is 0 Å². The molecule has 2 nitrogen and oxygen atoms in total. The third kappa shape index (κ3) is 4.22. The summed E-state index contributed by atoms with van der Waals surface area (Å²) in [5.74, 6) is 3.19. The molecule has 0 radical (unpaired) electrons. The van der Waals surface area contributed by atoms with Crippen molar-refractivity contribution in [2.24, 2.45) is 51.8 Å². The third-order valence-electron chi connectivity index (χ3n) is 10.9. The van der Waals surface area contributed by atoms with Crippen LogP contribution in [0.15, 0.2) is 36.0 Å². The monoisotopic (exact) mass is 454 g/mol. The van der Waals surface area contributed by atoms with Gasteiger partial charge >= 0.3 is 0 Å². The van der Waals surface area contributed by atoms with E-state index >= 15 is 0 Å². The Kier molecular flexibility index (Phi) is 6.63. The molecule has 10 atom stereocenters. The molecule has 1 unspecified atom stereocenters. The molecule has 2 N–H and O–H groups in total. The fourth-order valence-corrected chi connectivity index (χ4v) is 9.15. The Bertz CT molecular complexity index is 815. The predicted octanol–water partition coefficient (Wildman–Crippen LogP) is 7.33. The van der Waals surface area contributed by atoms with E-state index in [1.54, 1.807) is 0 Å². The number of fused-ring (bicyclic) bond motifs is 5. The molecule has 3 fully saturated rings. The summed E-state index contributed by atoms with van der Waals surface area (Å²) < 4.78 is 0. The van der Waals surface area contributed by atoms with Gasteiger partial charge in [0.2, 0.25) is 0 Å². The first-order valence-corrected chi connectivity index (χ1v) is 13.7. The largest absolute Gasteiger partial charge is 0.393 e. The molecule has 0 bridgehead atoms. The summed E-state index contributed by atoms with van der Waals surface area (Å²) in [5, 5.41) is 21.6. The normalized spacial score (nSPS) is 45.1. The fraction of sp³-hybridized carbons (Fsp3) is 0.806. The van der Waals surface area contributed by atoms with E-state index in [-0.39, 0.29) is 23.0 Å². The summed E-state index contributed by atoms with van der Waals surface area (Å²) in [6.45, 7) is 20.8. The van der Waals surface area contributed by atoms with Crippen LogP contribution in [0.4, 0.5) is 0 Å². The first kappa shape index (κ1) is 25.2. The smallest absolute Gasteiger partial charge is 0.0757 e. The predicted molar refractivity (Wildman–Crippen MR) is 139 cm³/mol. The lowest BCUT2D eigenvalue weighted by molar-refractivity contribution is -0.0950. The number of hydrogen-bond donors (Lipinski definition) is 2. The molecule has 0 heterocycles. The average Bonchev–Trinajstić information content (AvgIpc) is 3.05. The van der Waals surface area contributed by atoms with Gasteiger partial charge in [-0.15, -0.1) is 0 Å². The van der Waals surface area contributed by atoms with Gasteiger partial charge in [-0.2, -0.15) is 0 Å². The van der Waals surface area contributed by atoms with Crippen LogP contribution in [0.3, 0.4) is 0 Å². The molecule has 186 valence electrons. The highest BCUT2D eigenvalue weighted by atomic mass is 16.3. The molecule has 4 aliphatic rings. The van der Waals surface area contributed by atoms with E-state index in [1.807, 2.05) is 0 Å². The van der Waals surface area contributed by atoms with Gasteiger partial charge in [0, 0.05) is 5.92 Å². The zero-order chi connectivity index (χ0) is 24.3. The molecule has 4 aliphatic carbocycles. The van der Waals surface area contributed by atoms with E-state index in [1.165, 1.54) is 36.8 Å². The van der Waals surface area contributed by atoms with Crippen LogP contribution < -0.4 is 0 Å². The maximum absolute atomic E-state index is 11.4. The van der Waals surface area contributed by atoms with Gasteiger partial charge in [-0.1, -0.05) is 77.5 Å². The molecule has 4 rings (SSSR count). The summed E-state index contributed by atoms with van der Waals surface area (Å²) in [4.78, 5) is 0. The van der Waals surface area contributed by atoms with Gasteiger partial charge in [0.25, 0.3) is 0 Å². The van der Waals surface area contributed by atoms with Gasteiger partial charge in [0.1, 0.15) is 0 Å². The average molecular weight is 455 g/mol. The Labute approximate surface area is 203 Å². The van der Waals surface area contributed by atoms with Crippen molar-refractivity contribution in [3.63, 3.8) is 0 Å². The Morgan fingerprint density at radius 2 is 1.76 bits per heavy atom. The molecule has 33 heavy (non-hydrogen) atoms. The Balaban J connectivity index is 1.57. The Morgan fingerprint density at radius 1 is 1.06 bits per heavy atom. The minimum atomic E-state index is -0.341. The van der Waals surface area contributed by atoms with Gasteiger partial charge < -0.3 is 10.2 Å². The Hall–Kier alpha value is -0.860. The molecule has 0 amide bonds. The minimum Gasteiger partial charge on any atom is -0.393 e.